The van der Waals surface area contributed by atoms with Crippen LogP contribution in [0.15, 0.2) is 18.2 Å². The summed E-state index contributed by atoms with van der Waals surface area (Å²) >= 11 is 0. The second-order valence-electron chi connectivity index (χ2n) is 5.03. The molecule has 0 radical (unpaired) electrons. The summed E-state index contributed by atoms with van der Waals surface area (Å²) in [7, 11) is 1.75. The minimum atomic E-state index is 0.606. The Morgan fingerprint density at radius 1 is 1.41 bits per heavy atom. The summed E-state index contributed by atoms with van der Waals surface area (Å²) in [5.74, 6) is 1.03. The Balaban J connectivity index is 1.71. The lowest BCUT2D eigenvalue weighted by molar-refractivity contribution is 0.158. The van der Waals surface area contributed by atoms with Gasteiger partial charge < -0.3 is 15.0 Å². The van der Waals surface area contributed by atoms with Gasteiger partial charge in [-0.25, -0.2) is 0 Å². The highest BCUT2D eigenvalue weighted by Crippen LogP contribution is 2.26. The van der Waals surface area contributed by atoms with Crippen LogP contribution in [0.3, 0.4) is 0 Å². The molecule has 1 aromatic carbocycles. The zero-order valence-electron chi connectivity index (χ0n) is 10.4. The molecule has 3 rings (SSSR count). The predicted octanol–water partition coefficient (Wildman–Crippen LogP) is 1.42. The highest BCUT2D eigenvalue weighted by molar-refractivity contribution is 5.42. The van der Waals surface area contributed by atoms with Crippen LogP contribution in [0.1, 0.15) is 17.5 Å². The quantitative estimate of drug-likeness (QED) is 0.853. The maximum atomic E-state index is 5.41. The highest BCUT2D eigenvalue weighted by Gasteiger charge is 2.24. The van der Waals surface area contributed by atoms with Crippen molar-refractivity contribution in [3.05, 3.63) is 29.3 Å². The second-order valence-corrected chi connectivity index (χ2v) is 5.03. The van der Waals surface area contributed by atoms with E-state index in [1.165, 1.54) is 37.2 Å². The molecule has 0 bridgehead atoms. The molecule has 3 nitrogen and oxygen atoms in total. The van der Waals surface area contributed by atoms with E-state index in [0.29, 0.717) is 6.04 Å². The van der Waals surface area contributed by atoms with Crippen LogP contribution < -0.4 is 10.1 Å². The van der Waals surface area contributed by atoms with Gasteiger partial charge in [-0.3, -0.25) is 0 Å². The van der Waals surface area contributed by atoms with Crippen molar-refractivity contribution in [3.63, 3.8) is 0 Å². The van der Waals surface area contributed by atoms with E-state index in [1.807, 2.05) is 0 Å². The minimum Gasteiger partial charge on any atom is -0.496 e. The normalized spacial score (nSPS) is 23.9. The molecule has 92 valence electrons. The van der Waals surface area contributed by atoms with Gasteiger partial charge in [-0.15, -0.1) is 0 Å². The molecule has 1 atom stereocenters. The van der Waals surface area contributed by atoms with Gasteiger partial charge in [-0.2, -0.15) is 0 Å². The van der Waals surface area contributed by atoms with Crippen molar-refractivity contribution in [3.8, 4) is 5.75 Å². The largest absolute Gasteiger partial charge is 0.496 e. The lowest BCUT2D eigenvalue weighted by Crippen LogP contribution is -2.49. The van der Waals surface area contributed by atoms with Gasteiger partial charge in [0.25, 0.3) is 0 Å². The summed E-state index contributed by atoms with van der Waals surface area (Å²) in [5.41, 5.74) is 2.79. The van der Waals surface area contributed by atoms with Crippen LogP contribution in [-0.2, 0) is 13.0 Å². The van der Waals surface area contributed by atoms with Crippen molar-refractivity contribution in [2.24, 2.45) is 0 Å². The predicted molar refractivity (Wildman–Crippen MR) is 68.4 cm³/mol. The van der Waals surface area contributed by atoms with Gasteiger partial charge in [0.15, 0.2) is 0 Å². The number of hydrogen-bond donors (Lipinski definition) is 1. The summed E-state index contributed by atoms with van der Waals surface area (Å²) in [5, 5.41) is 3.63. The topological polar surface area (TPSA) is 24.5 Å². The molecular formula is C14H20N2O. The molecule has 0 aliphatic carbocycles. The SMILES string of the molecule is COc1cccc2c1CNC(CN1CCC1)C2. The van der Waals surface area contributed by atoms with E-state index < -0.39 is 0 Å². The Bertz CT molecular complexity index is 401. The van der Waals surface area contributed by atoms with E-state index >= 15 is 0 Å². The number of ether oxygens (including phenoxy) is 1. The van der Waals surface area contributed by atoms with Crippen molar-refractivity contribution in [1.82, 2.24) is 10.2 Å². The smallest absolute Gasteiger partial charge is 0.123 e. The van der Waals surface area contributed by atoms with Gasteiger partial charge in [-0.05, 0) is 37.6 Å². The van der Waals surface area contributed by atoms with Gasteiger partial charge in [0, 0.05) is 24.7 Å². The molecule has 17 heavy (non-hydrogen) atoms. The number of benzene rings is 1. The Morgan fingerprint density at radius 3 is 3.00 bits per heavy atom. The van der Waals surface area contributed by atoms with E-state index in [-0.39, 0.29) is 0 Å². The fourth-order valence-electron chi connectivity index (χ4n) is 2.78. The molecule has 0 spiro atoms. The first-order valence-electron chi connectivity index (χ1n) is 6.47. The molecule has 3 heteroatoms. The van der Waals surface area contributed by atoms with Crippen molar-refractivity contribution < 1.29 is 4.74 Å². The molecule has 2 aliphatic heterocycles. The fourth-order valence-corrected chi connectivity index (χ4v) is 2.78. The van der Waals surface area contributed by atoms with Crippen molar-refractivity contribution in [1.29, 1.82) is 0 Å². The molecule has 0 aromatic heterocycles. The van der Waals surface area contributed by atoms with Gasteiger partial charge in [0.2, 0.25) is 0 Å². The van der Waals surface area contributed by atoms with Crippen LogP contribution in [-0.4, -0.2) is 37.7 Å². The standard InChI is InChI=1S/C14H20N2O/c1-17-14-5-2-4-11-8-12(15-9-13(11)14)10-16-6-3-7-16/h2,4-5,12,15H,3,6-10H2,1H3. The monoisotopic (exact) mass is 232 g/mol. The van der Waals surface area contributed by atoms with Gasteiger partial charge in [0.05, 0.1) is 7.11 Å². The van der Waals surface area contributed by atoms with Crippen molar-refractivity contribution in [2.75, 3.05) is 26.7 Å². The van der Waals surface area contributed by atoms with E-state index in [2.05, 4.69) is 28.4 Å². The molecule has 1 N–H and O–H groups in total. The molecule has 0 saturated carbocycles. The van der Waals surface area contributed by atoms with Gasteiger partial charge in [-0.1, -0.05) is 12.1 Å². The van der Waals surface area contributed by atoms with Crippen LogP contribution in [0, 0.1) is 0 Å². The summed E-state index contributed by atoms with van der Waals surface area (Å²) in [4.78, 5) is 2.53. The first-order valence-corrected chi connectivity index (χ1v) is 6.47. The van der Waals surface area contributed by atoms with Crippen LogP contribution in [0.4, 0.5) is 0 Å². The molecule has 0 amide bonds. The number of methoxy groups -OCH3 is 1. The van der Waals surface area contributed by atoms with E-state index in [9.17, 15) is 0 Å². The molecule has 2 heterocycles. The Morgan fingerprint density at radius 2 is 2.29 bits per heavy atom. The minimum absolute atomic E-state index is 0.606. The lowest BCUT2D eigenvalue weighted by atomic mass is 9.94. The second kappa shape index (κ2) is 4.67. The van der Waals surface area contributed by atoms with Crippen LogP contribution >= 0.6 is 0 Å². The Hall–Kier alpha value is -1.06. The van der Waals surface area contributed by atoms with Crippen LogP contribution in [0.5, 0.6) is 5.75 Å². The summed E-state index contributed by atoms with van der Waals surface area (Å²) in [6.07, 6.45) is 2.50. The molecule has 2 aliphatic rings. The maximum absolute atomic E-state index is 5.41. The zero-order valence-corrected chi connectivity index (χ0v) is 10.4. The van der Waals surface area contributed by atoms with Crippen molar-refractivity contribution in [2.45, 2.75) is 25.4 Å². The van der Waals surface area contributed by atoms with Gasteiger partial charge >= 0.3 is 0 Å². The number of nitrogens with one attached hydrogen (secondary N) is 1. The number of nitrogens with zero attached hydrogens (tertiary/aromatic N) is 1. The average Bonchev–Trinajstić information content (AvgIpc) is 2.32. The van der Waals surface area contributed by atoms with E-state index in [1.54, 1.807) is 7.11 Å². The van der Waals surface area contributed by atoms with E-state index in [0.717, 1.165) is 18.7 Å². The van der Waals surface area contributed by atoms with E-state index in [4.69, 9.17) is 4.74 Å². The third-order valence-corrected chi connectivity index (χ3v) is 3.91. The molecule has 1 unspecified atom stereocenters. The fraction of sp³-hybridized carbons (Fsp3) is 0.571. The first kappa shape index (κ1) is 11.1. The van der Waals surface area contributed by atoms with Crippen molar-refractivity contribution >= 4 is 0 Å². The van der Waals surface area contributed by atoms with Gasteiger partial charge in [0.1, 0.15) is 5.75 Å². The third kappa shape index (κ3) is 2.17. The molecule has 1 fully saturated rings. The number of rotatable bonds is 3. The Labute approximate surface area is 103 Å². The lowest BCUT2D eigenvalue weighted by Gasteiger charge is -2.36. The molecular weight excluding hydrogens is 212 g/mol. The Kier molecular flexibility index (Phi) is 3.04. The number of likely N-dealkylation sites (tertiary alicyclic amines) is 1. The summed E-state index contributed by atoms with van der Waals surface area (Å²) < 4.78 is 5.41. The molecule has 1 saturated heterocycles. The van der Waals surface area contributed by atoms with Crippen LogP contribution in [0.2, 0.25) is 0 Å². The zero-order chi connectivity index (χ0) is 11.7. The first-order chi connectivity index (χ1) is 8.36. The number of hydrogen-bond acceptors (Lipinski definition) is 3. The average molecular weight is 232 g/mol. The summed E-state index contributed by atoms with van der Waals surface area (Å²) in [6, 6.07) is 7.00. The summed E-state index contributed by atoms with van der Waals surface area (Å²) in [6.45, 7) is 4.70. The highest BCUT2D eigenvalue weighted by atomic mass is 16.5. The maximum Gasteiger partial charge on any atom is 0.123 e. The number of fused-ring (bicyclic) bond motifs is 1. The van der Waals surface area contributed by atoms with Crippen LogP contribution in [0.25, 0.3) is 0 Å². The third-order valence-electron chi connectivity index (χ3n) is 3.91. The molecule has 1 aromatic rings.